The first-order valence-electron chi connectivity index (χ1n) is 7.20. The van der Waals surface area contributed by atoms with Crippen LogP contribution in [-0.2, 0) is 6.54 Å². The Bertz CT molecular complexity index is 687. The maximum absolute atomic E-state index is 12.1. The molecular formula is C15H17N3O2S2. The van der Waals surface area contributed by atoms with E-state index >= 15 is 0 Å². The van der Waals surface area contributed by atoms with Crippen molar-refractivity contribution in [3.63, 3.8) is 0 Å². The highest BCUT2D eigenvalue weighted by atomic mass is 32.1. The Balaban J connectivity index is 1.57. The quantitative estimate of drug-likeness (QED) is 0.854. The third-order valence-corrected chi connectivity index (χ3v) is 5.54. The number of hydrogen-bond donors (Lipinski definition) is 1. The summed E-state index contributed by atoms with van der Waals surface area (Å²) in [4.78, 5) is 30.8. The van der Waals surface area contributed by atoms with Crippen molar-refractivity contribution < 1.29 is 9.59 Å². The number of thiophene rings is 1. The summed E-state index contributed by atoms with van der Waals surface area (Å²) in [6.07, 6.45) is 2.45. The lowest BCUT2D eigenvalue weighted by atomic mass is 10.2. The number of thiazole rings is 1. The van der Waals surface area contributed by atoms with Crippen molar-refractivity contribution in [3.8, 4) is 0 Å². The molecule has 0 unspecified atom stereocenters. The Morgan fingerprint density at radius 1 is 1.27 bits per heavy atom. The summed E-state index contributed by atoms with van der Waals surface area (Å²) in [6.45, 7) is 4.06. The van der Waals surface area contributed by atoms with Crippen molar-refractivity contribution in [2.75, 3.05) is 18.0 Å². The van der Waals surface area contributed by atoms with Crippen LogP contribution in [0.4, 0.5) is 5.13 Å². The molecule has 2 aromatic heterocycles. The van der Waals surface area contributed by atoms with Crippen LogP contribution in [0.5, 0.6) is 0 Å². The van der Waals surface area contributed by atoms with E-state index in [1.165, 1.54) is 31.1 Å². The molecule has 1 fully saturated rings. The lowest BCUT2D eigenvalue weighted by Gasteiger charge is -2.12. The maximum Gasteiger partial charge on any atom is 0.252 e. The van der Waals surface area contributed by atoms with Crippen LogP contribution in [0.3, 0.4) is 0 Å². The van der Waals surface area contributed by atoms with Gasteiger partial charge in [0.1, 0.15) is 0 Å². The third-order valence-electron chi connectivity index (χ3n) is 3.55. The van der Waals surface area contributed by atoms with Crippen LogP contribution in [0.15, 0.2) is 16.8 Å². The Morgan fingerprint density at radius 2 is 2.05 bits per heavy atom. The predicted molar refractivity (Wildman–Crippen MR) is 89.1 cm³/mol. The zero-order chi connectivity index (χ0) is 15.5. The van der Waals surface area contributed by atoms with Gasteiger partial charge in [0.25, 0.3) is 5.91 Å². The fourth-order valence-electron chi connectivity index (χ4n) is 2.34. The van der Waals surface area contributed by atoms with Gasteiger partial charge in [0.15, 0.2) is 10.9 Å². The molecule has 5 nitrogen and oxygen atoms in total. The number of nitrogens with one attached hydrogen (secondary N) is 1. The number of hydrogen-bond acceptors (Lipinski definition) is 6. The van der Waals surface area contributed by atoms with Crippen molar-refractivity contribution in [2.45, 2.75) is 26.3 Å². The number of Topliss-reactive ketones (excluding diaryl/α,β-unsaturated/α-hetero) is 1. The van der Waals surface area contributed by atoms with Gasteiger partial charge < -0.3 is 10.2 Å². The first kappa shape index (κ1) is 15.2. The zero-order valence-corrected chi connectivity index (χ0v) is 13.9. The maximum atomic E-state index is 12.1. The van der Waals surface area contributed by atoms with Gasteiger partial charge in [-0.15, -0.1) is 22.7 Å². The molecule has 1 amide bonds. The Hall–Kier alpha value is -1.73. The summed E-state index contributed by atoms with van der Waals surface area (Å²) in [7, 11) is 0. The van der Waals surface area contributed by atoms with E-state index in [0.717, 1.165) is 23.9 Å². The van der Waals surface area contributed by atoms with E-state index < -0.39 is 0 Å². The lowest BCUT2D eigenvalue weighted by Crippen LogP contribution is -2.22. The molecule has 0 bridgehead atoms. The van der Waals surface area contributed by atoms with Crippen molar-refractivity contribution in [2.24, 2.45) is 0 Å². The molecule has 22 heavy (non-hydrogen) atoms. The average Bonchev–Trinajstić information content (AvgIpc) is 3.23. The molecule has 1 aliphatic rings. The molecule has 0 aromatic carbocycles. The number of nitrogens with zero attached hydrogens (tertiary/aromatic N) is 2. The Kier molecular flexibility index (Phi) is 4.54. The second-order valence-corrected chi connectivity index (χ2v) is 7.00. The molecule has 2 aromatic rings. The van der Waals surface area contributed by atoms with Crippen LogP contribution in [-0.4, -0.2) is 29.8 Å². The van der Waals surface area contributed by atoms with Crippen molar-refractivity contribution >= 4 is 39.5 Å². The standard InChI is InChI=1S/C15H17N3O2S2/c1-10(19)13-6-11(8-21-13)14(20)16-7-12-9-22-15(17-12)18-4-2-3-5-18/h6,8-9H,2-5,7H2,1H3,(H,16,20). The van der Waals surface area contributed by atoms with Crippen LogP contribution in [0.25, 0.3) is 0 Å². The van der Waals surface area contributed by atoms with Gasteiger partial charge >= 0.3 is 0 Å². The van der Waals surface area contributed by atoms with E-state index in [1.54, 1.807) is 22.8 Å². The summed E-state index contributed by atoms with van der Waals surface area (Å²) >= 11 is 2.92. The molecule has 0 aliphatic carbocycles. The van der Waals surface area contributed by atoms with Gasteiger partial charge in [0, 0.05) is 23.8 Å². The number of rotatable bonds is 5. The van der Waals surface area contributed by atoms with Gasteiger partial charge in [0.2, 0.25) is 0 Å². The average molecular weight is 335 g/mol. The molecule has 0 saturated carbocycles. The largest absolute Gasteiger partial charge is 0.348 e. The van der Waals surface area contributed by atoms with E-state index in [2.05, 4.69) is 15.2 Å². The minimum absolute atomic E-state index is 0.0150. The van der Waals surface area contributed by atoms with Gasteiger partial charge in [0.05, 0.1) is 22.7 Å². The van der Waals surface area contributed by atoms with Gasteiger partial charge in [-0.05, 0) is 25.8 Å². The highest BCUT2D eigenvalue weighted by Crippen LogP contribution is 2.24. The summed E-state index contributed by atoms with van der Waals surface area (Å²) in [5, 5.41) is 7.59. The number of anilines is 1. The van der Waals surface area contributed by atoms with Gasteiger partial charge in [-0.3, -0.25) is 9.59 Å². The van der Waals surface area contributed by atoms with Crippen LogP contribution in [0, 0.1) is 0 Å². The molecule has 1 N–H and O–H groups in total. The SMILES string of the molecule is CC(=O)c1cc(C(=O)NCc2csc(N3CCCC3)n2)cs1. The van der Waals surface area contributed by atoms with E-state index in [-0.39, 0.29) is 11.7 Å². The van der Waals surface area contributed by atoms with Gasteiger partial charge in [-0.25, -0.2) is 4.98 Å². The van der Waals surface area contributed by atoms with Crippen LogP contribution in [0.2, 0.25) is 0 Å². The van der Waals surface area contributed by atoms with E-state index in [0.29, 0.717) is 17.0 Å². The molecule has 1 saturated heterocycles. The van der Waals surface area contributed by atoms with Crippen molar-refractivity contribution in [3.05, 3.63) is 33.0 Å². The predicted octanol–water partition coefficient (Wildman–Crippen LogP) is 2.94. The number of amides is 1. The smallest absolute Gasteiger partial charge is 0.252 e. The topological polar surface area (TPSA) is 62.3 Å². The number of carbonyl (C=O) groups is 2. The van der Waals surface area contributed by atoms with Crippen LogP contribution >= 0.6 is 22.7 Å². The first-order chi connectivity index (χ1) is 10.6. The number of ketones is 1. The van der Waals surface area contributed by atoms with Crippen molar-refractivity contribution in [1.82, 2.24) is 10.3 Å². The summed E-state index contributed by atoms with van der Waals surface area (Å²) in [6, 6.07) is 1.64. The highest BCUT2D eigenvalue weighted by molar-refractivity contribution is 7.13. The number of carbonyl (C=O) groups excluding carboxylic acids is 2. The third kappa shape index (κ3) is 3.36. The summed E-state index contributed by atoms with van der Waals surface area (Å²) < 4.78 is 0. The summed E-state index contributed by atoms with van der Waals surface area (Å²) in [5.41, 5.74) is 1.41. The van der Waals surface area contributed by atoms with Crippen LogP contribution in [0.1, 0.15) is 45.5 Å². The van der Waals surface area contributed by atoms with E-state index in [9.17, 15) is 9.59 Å². The molecule has 0 atom stereocenters. The zero-order valence-electron chi connectivity index (χ0n) is 12.3. The summed E-state index contributed by atoms with van der Waals surface area (Å²) in [5.74, 6) is -0.182. The minimum Gasteiger partial charge on any atom is -0.348 e. The van der Waals surface area contributed by atoms with Gasteiger partial charge in [-0.2, -0.15) is 0 Å². The lowest BCUT2D eigenvalue weighted by molar-refractivity contribution is 0.0951. The normalized spacial score (nSPS) is 14.3. The number of aromatic nitrogens is 1. The van der Waals surface area contributed by atoms with Crippen LogP contribution < -0.4 is 10.2 Å². The molecule has 3 rings (SSSR count). The monoisotopic (exact) mass is 335 g/mol. The molecule has 1 aliphatic heterocycles. The molecule has 3 heterocycles. The minimum atomic E-state index is -0.167. The van der Waals surface area contributed by atoms with E-state index in [1.807, 2.05) is 5.38 Å². The molecule has 7 heteroatoms. The molecule has 0 radical (unpaired) electrons. The van der Waals surface area contributed by atoms with E-state index in [4.69, 9.17) is 0 Å². The highest BCUT2D eigenvalue weighted by Gasteiger charge is 2.16. The fourth-order valence-corrected chi connectivity index (χ4v) is 4.01. The molecule has 116 valence electrons. The van der Waals surface area contributed by atoms with Crippen molar-refractivity contribution in [1.29, 1.82) is 0 Å². The second kappa shape index (κ2) is 6.58. The Morgan fingerprint density at radius 3 is 2.73 bits per heavy atom. The fraction of sp³-hybridized carbons (Fsp3) is 0.400. The molecule has 0 spiro atoms. The Labute approximate surface area is 137 Å². The first-order valence-corrected chi connectivity index (χ1v) is 8.96. The second-order valence-electron chi connectivity index (χ2n) is 5.25. The van der Waals surface area contributed by atoms with Gasteiger partial charge in [-0.1, -0.05) is 0 Å². The molecular weight excluding hydrogens is 318 g/mol.